The molecule has 88 valence electrons. The van der Waals surface area contributed by atoms with Gasteiger partial charge in [0.2, 0.25) is 0 Å². The van der Waals surface area contributed by atoms with Crippen LogP contribution in [0.2, 0.25) is 0 Å². The summed E-state index contributed by atoms with van der Waals surface area (Å²) in [6, 6.07) is 1.91. The minimum Gasteiger partial charge on any atom is -0.385 e. The van der Waals surface area contributed by atoms with E-state index in [-0.39, 0.29) is 11.9 Å². The molecule has 1 unspecified atom stereocenters. The maximum atomic E-state index is 7.36. The molecule has 1 saturated heterocycles. The van der Waals surface area contributed by atoms with Crippen molar-refractivity contribution in [3.05, 3.63) is 18.5 Å². The van der Waals surface area contributed by atoms with Gasteiger partial charge in [0.05, 0.1) is 13.2 Å². The largest absolute Gasteiger partial charge is 0.385 e. The molecule has 6 heteroatoms. The first-order valence-electron chi connectivity index (χ1n) is 5.41. The van der Waals surface area contributed by atoms with Gasteiger partial charge in [-0.1, -0.05) is 0 Å². The molecule has 16 heavy (non-hydrogen) atoms. The third-order valence-electron chi connectivity index (χ3n) is 2.70. The van der Waals surface area contributed by atoms with Crippen LogP contribution in [0, 0.1) is 5.41 Å². The predicted molar refractivity (Wildman–Crippen MR) is 60.3 cm³/mol. The number of nitrogens with two attached hydrogens (primary N) is 1. The highest BCUT2D eigenvalue weighted by Crippen LogP contribution is 2.04. The normalized spacial score (nSPS) is 22.1. The molecule has 1 atom stereocenters. The zero-order chi connectivity index (χ0) is 11.4. The van der Waals surface area contributed by atoms with E-state index in [1.54, 1.807) is 6.20 Å². The first kappa shape index (κ1) is 11.1. The van der Waals surface area contributed by atoms with Gasteiger partial charge in [-0.15, -0.1) is 0 Å². The zero-order valence-corrected chi connectivity index (χ0v) is 9.17. The van der Waals surface area contributed by atoms with Gasteiger partial charge >= 0.3 is 0 Å². The van der Waals surface area contributed by atoms with Gasteiger partial charge in [-0.2, -0.15) is 5.10 Å². The number of hydrogen-bond donors (Lipinski definition) is 2. The van der Waals surface area contributed by atoms with Crippen LogP contribution < -0.4 is 5.73 Å². The fourth-order valence-corrected chi connectivity index (χ4v) is 1.77. The Labute approximate surface area is 94.5 Å². The molecule has 1 aliphatic rings. The molecular formula is C10H17N5O. The maximum absolute atomic E-state index is 7.36. The summed E-state index contributed by atoms with van der Waals surface area (Å²) >= 11 is 0. The van der Waals surface area contributed by atoms with E-state index >= 15 is 0 Å². The number of aromatic nitrogens is 2. The van der Waals surface area contributed by atoms with Crippen LogP contribution in [0.4, 0.5) is 0 Å². The lowest BCUT2D eigenvalue weighted by Crippen LogP contribution is -2.48. The number of hydrogen-bond acceptors (Lipinski definition) is 4. The van der Waals surface area contributed by atoms with E-state index in [9.17, 15) is 0 Å². The lowest BCUT2D eigenvalue weighted by atomic mass is 10.2. The van der Waals surface area contributed by atoms with Crippen LogP contribution >= 0.6 is 0 Å². The molecule has 0 radical (unpaired) electrons. The quantitative estimate of drug-likeness (QED) is 0.533. The van der Waals surface area contributed by atoms with E-state index in [0.29, 0.717) is 13.2 Å². The van der Waals surface area contributed by atoms with E-state index < -0.39 is 0 Å². The molecule has 1 fully saturated rings. The van der Waals surface area contributed by atoms with Gasteiger partial charge in [0, 0.05) is 32.0 Å². The second-order valence-electron chi connectivity index (χ2n) is 3.88. The van der Waals surface area contributed by atoms with E-state index in [2.05, 4.69) is 10.00 Å². The molecule has 3 N–H and O–H groups in total. The van der Waals surface area contributed by atoms with Crippen molar-refractivity contribution in [3.63, 3.8) is 0 Å². The summed E-state index contributed by atoms with van der Waals surface area (Å²) in [6.45, 7) is 4.01. The highest BCUT2D eigenvalue weighted by Gasteiger charge is 2.22. The van der Waals surface area contributed by atoms with Crippen molar-refractivity contribution in [2.45, 2.75) is 12.6 Å². The van der Waals surface area contributed by atoms with Crippen LogP contribution in [-0.2, 0) is 11.3 Å². The summed E-state index contributed by atoms with van der Waals surface area (Å²) in [5.74, 6) is 0.115. The first-order chi connectivity index (χ1) is 7.75. The number of nitrogens with one attached hydrogen (secondary N) is 1. The molecule has 0 bridgehead atoms. The number of rotatable bonds is 4. The van der Waals surface area contributed by atoms with Crippen LogP contribution in [0.15, 0.2) is 18.5 Å². The number of amidine groups is 1. The summed E-state index contributed by atoms with van der Waals surface area (Å²) in [5.41, 5.74) is 5.43. The van der Waals surface area contributed by atoms with Gasteiger partial charge in [-0.3, -0.25) is 15.0 Å². The van der Waals surface area contributed by atoms with Crippen LogP contribution in [-0.4, -0.2) is 52.9 Å². The second kappa shape index (κ2) is 5.09. The van der Waals surface area contributed by atoms with Crippen molar-refractivity contribution < 1.29 is 4.74 Å². The standard InChI is InChI=1S/C10H17N5O/c11-10(12)9-8-14(6-7-16-9)4-5-15-3-1-2-13-15/h1-3,9H,4-8H2,(H3,11,12). The van der Waals surface area contributed by atoms with Crippen LogP contribution in [0.5, 0.6) is 0 Å². The van der Waals surface area contributed by atoms with Crippen LogP contribution in [0.1, 0.15) is 0 Å². The van der Waals surface area contributed by atoms with Crippen molar-refractivity contribution >= 4 is 5.84 Å². The van der Waals surface area contributed by atoms with Gasteiger partial charge in [-0.05, 0) is 6.07 Å². The molecule has 6 nitrogen and oxygen atoms in total. The van der Waals surface area contributed by atoms with Gasteiger partial charge in [-0.25, -0.2) is 0 Å². The Morgan fingerprint density at radius 2 is 2.44 bits per heavy atom. The molecule has 2 rings (SSSR count). The maximum Gasteiger partial charge on any atom is 0.127 e. The monoisotopic (exact) mass is 223 g/mol. The zero-order valence-electron chi connectivity index (χ0n) is 9.17. The smallest absolute Gasteiger partial charge is 0.127 e. The third-order valence-corrected chi connectivity index (χ3v) is 2.70. The van der Waals surface area contributed by atoms with Crippen LogP contribution in [0.25, 0.3) is 0 Å². The Kier molecular flexibility index (Phi) is 3.53. The third kappa shape index (κ3) is 2.80. The molecule has 2 heterocycles. The van der Waals surface area contributed by atoms with Gasteiger partial charge in [0.25, 0.3) is 0 Å². The van der Waals surface area contributed by atoms with E-state index in [0.717, 1.165) is 19.6 Å². The van der Waals surface area contributed by atoms with Crippen molar-refractivity contribution in [1.29, 1.82) is 5.41 Å². The highest BCUT2D eigenvalue weighted by molar-refractivity contribution is 5.82. The lowest BCUT2D eigenvalue weighted by Gasteiger charge is -2.32. The topological polar surface area (TPSA) is 80.2 Å². The molecule has 0 saturated carbocycles. The SMILES string of the molecule is N=C(N)C1CN(CCn2cccn2)CCO1. The van der Waals surface area contributed by atoms with E-state index in [1.807, 2.05) is 16.9 Å². The molecule has 0 aromatic carbocycles. The number of nitrogens with zero attached hydrogens (tertiary/aromatic N) is 3. The van der Waals surface area contributed by atoms with Crippen LogP contribution in [0.3, 0.4) is 0 Å². The van der Waals surface area contributed by atoms with Crippen molar-refractivity contribution in [2.24, 2.45) is 5.73 Å². The number of morpholine rings is 1. The Bertz CT molecular complexity index is 337. The minimum atomic E-state index is -0.244. The summed E-state index contributed by atoms with van der Waals surface area (Å²) in [4.78, 5) is 2.25. The predicted octanol–water partition coefficient (Wildman–Crippen LogP) is -0.480. The average Bonchev–Trinajstić information content (AvgIpc) is 2.79. The van der Waals surface area contributed by atoms with Gasteiger partial charge in [0.1, 0.15) is 11.9 Å². The molecule has 0 aliphatic carbocycles. The van der Waals surface area contributed by atoms with E-state index in [4.69, 9.17) is 15.9 Å². The molecule has 1 aromatic heterocycles. The fourth-order valence-electron chi connectivity index (χ4n) is 1.77. The van der Waals surface area contributed by atoms with Crippen molar-refractivity contribution in [2.75, 3.05) is 26.2 Å². The second-order valence-corrected chi connectivity index (χ2v) is 3.88. The molecule has 1 aliphatic heterocycles. The molecule has 0 amide bonds. The molecule has 1 aromatic rings. The molecule has 0 spiro atoms. The summed E-state index contributed by atoms with van der Waals surface area (Å²) < 4.78 is 7.29. The first-order valence-corrected chi connectivity index (χ1v) is 5.41. The Balaban J connectivity index is 1.79. The summed E-state index contributed by atoms with van der Waals surface area (Å²) in [6.07, 6.45) is 3.48. The van der Waals surface area contributed by atoms with Crippen molar-refractivity contribution in [1.82, 2.24) is 14.7 Å². The Hall–Kier alpha value is -1.40. The van der Waals surface area contributed by atoms with Gasteiger partial charge < -0.3 is 10.5 Å². The van der Waals surface area contributed by atoms with E-state index in [1.165, 1.54) is 0 Å². The number of ether oxygens (including phenoxy) is 1. The minimum absolute atomic E-state index is 0.115. The molecular weight excluding hydrogens is 206 g/mol. The highest BCUT2D eigenvalue weighted by atomic mass is 16.5. The van der Waals surface area contributed by atoms with Crippen molar-refractivity contribution in [3.8, 4) is 0 Å². The Morgan fingerprint density at radius 3 is 3.12 bits per heavy atom. The Morgan fingerprint density at radius 1 is 1.56 bits per heavy atom. The average molecular weight is 223 g/mol. The summed E-state index contributed by atoms with van der Waals surface area (Å²) in [7, 11) is 0. The fraction of sp³-hybridized carbons (Fsp3) is 0.600. The van der Waals surface area contributed by atoms with Gasteiger partial charge in [0.15, 0.2) is 0 Å². The lowest BCUT2D eigenvalue weighted by molar-refractivity contribution is 0.00420. The summed E-state index contributed by atoms with van der Waals surface area (Å²) in [5, 5.41) is 11.5.